The van der Waals surface area contributed by atoms with Crippen molar-refractivity contribution in [2.24, 2.45) is 0 Å². The van der Waals surface area contributed by atoms with Crippen molar-refractivity contribution in [2.45, 2.75) is 6.61 Å². The van der Waals surface area contributed by atoms with E-state index in [4.69, 9.17) is 16.3 Å². The molecular weight excluding hydrogens is 258 g/mol. The van der Waals surface area contributed by atoms with E-state index in [1.165, 1.54) is 11.3 Å². The van der Waals surface area contributed by atoms with Crippen molar-refractivity contribution >= 4 is 28.8 Å². The number of rotatable bonds is 4. The summed E-state index contributed by atoms with van der Waals surface area (Å²) in [5.74, 6) is 1.44. The van der Waals surface area contributed by atoms with Crippen molar-refractivity contribution in [2.75, 3.05) is 19.5 Å². The highest BCUT2D eigenvalue weighted by atomic mass is 35.5. The monoisotopic (exact) mass is 269 g/mol. The molecular formula is C11H12ClN3OS. The van der Waals surface area contributed by atoms with E-state index in [0.29, 0.717) is 17.5 Å². The number of nitrogens with zero attached hydrogens (tertiary/aromatic N) is 2. The number of halogens is 1. The third-order valence-electron chi connectivity index (χ3n) is 2.12. The van der Waals surface area contributed by atoms with Crippen molar-refractivity contribution in [3.05, 3.63) is 28.2 Å². The number of nitrogens with one attached hydrogen (secondary N) is 1. The Hall–Kier alpha value is -1.17. The lowest BCUT2D eigenvalue weighted by molar-refractivity contribution is 0.181. The summed E-state index contributed by atoms with van der Waals surface area (Å²) in [7, 11) is 3.47. The fourth-order valence-corrected chi connectivity index (χ4v) is 2.39. The third-order valence-corrected chi connectivity index (χ3v) is 3.39. The van der Waals surface area contributed by atoms with E-state index in [0.717, 1.165) is 16.4 Å². The molecule has 1 N–H and O–H groups in total. The SMILES string of the molecule is CNc1cc(COC)nc(-c2cc(Cl)cs2)n1. The van der Waals surface area contributed by atoms with Crippen LogP contribution in [0.25, 0.3) is 10.7 Å². The highest BCUT2D eigenvalue weighted by Gasteiger charge is 2.08. The Bertz CT molecular complexity index is 515. The van der Waals surface area contributed by atoms with E-state index in [1.807, 2.05) is 24.6 Å². The Morgan fingerprint density at radius 2 is 2.24 bits per heavy atom. The molecule has 0 fully saturated rings. The van der Waals surface area contributed by atoms with Crippen molar-refractivity contribution in [3.8, 4) is 10.7 Å². The van der Waals surface area contributed by atoms with Crippen molar-refractivity contribution in [1.82, 2.24) is 9.97 Å². The van der Waals surface area contributed by atoms with Crippen LogP contribution in [0.3, 0.4) is 0 Å². The molecule has 6 heteroatoms. The van der Waals surface area contributed by atoms with E-state index in [-0.39, 0.29) is 0 Å². The van der Waals surface area contributed by atoms with Gasteiger partial charge in [0.05, 0.1) is 22.2 Å². The van der Waals surface area contributed by atoms with Crippen LogP contribution in [0.5, 0.6) is 0 Å². The van der Waals surface area contributed by atoms with Gasteiger partial charge in [0.2, 0.25) is 0 Å². The normalized spacial score (nSPS) is 10.5. The molecule has 0 spiro atoms. The van der Waals surface area contributed by atoms with Crippen LogP contribution >= 0.6 is 22.9 Å². The molecule has 90 valence electrons. The van der Waals surface area contributed by atoms with Crippen LogP contribution in [-0.4, -0.2) is 24.1 Å². The molecule has 0 saturated carbocycles. The zero-order valence-electron chi connectivity index (χ0n) is 9.53. The number of methoxy groups -OCH3 is 1. The van der Waals surface area contributed by atoms with Crippen LogP contribution in [0.4, 0.5) is 5.82 Å². The zero-order valence-corrected chi connectivity index (χ0v) is 11.1. The van der Waals surface area contributed by atoms with Crippen LogP contribution in [0.2, 0.25) is 5.02 Å². The largest absolute Gasteiger partial charge is 0.378 e. The van der Waals surface area contributed by atoms with Gasteiger partial charge in [-0.1, -0.05) is 11.6 Å². The first-order chi connectivity index (χ1) is 8.22. The molecule has 0 atom stereocenters. The molecule has 2 heterocycles. The molecule has 0 aliphatic rings. The van der Waals surface area contributed by atoms with E-state index < -0.39 is 0 Å². The fraction of sp³-hybridized carbons (Fsp3) is 0.273. The standard InChI is InChI=1S/C11H12ClN3OS/c1-13-10-4-8(5-16-2)14-11(15-10)9-3-7(12)6-17-9/h3-4,6H,5H2,1-2H3,(H,13,14,15). The lowest BCUT2D eigenvalue weighted by Crippen LogP contribution is -2.01. The van der Waals surface area contributed by atoms with Gasteiger partial charge in [-0.05, 0) is 6.07 Å². The molecule has 0 aliphatic carbocycles. The Morgan fingerprint density at radius 3 is 2.82 bits per heavy atom. The number of hydrogen-bond acceptors (Lipinski definition) is 5. The smallest absolute Gasteiger partial charge is 0.171 e. The van der Waals surface area contributed by atoms with Crippen LogP contribution in [0, 0.1) is 0 Å². The van der Waals surface area contributed by atoms with Crippen LogP contribution in [-0.2, 0) is 11.3 Å². The second-order valence-corrected chi connectivity index (χ2v) is 4.73. The van der Waals surface area contributed by atoms with Gasteiger partial charge in [0, 0.05) is 25.6 Å². The molecule has 0 radical (unpaired) electrons. The summed E-state index contributed by atoms with van der Waals surface area (Å²) in [5, 5.41) is 5.58. The summed E-state index contributed by atoms with van der Waals surface area (Å²) < 4.78 is 5.08. The summed E-state index contributed by atoms with van der Waals surface area (Å²) >= 11 is 7.42. The summed E-state index contributed by atoms with van der Waals surface area (Å²) in [4.78, 5) is 9.77. The number of ether oxygens (including phenoxy) is 1. The van der Waals surface area contributed by atoms with E-state index in [9.17, 15) is 0 Å². The van der Waals surface area contributed by atoms with E-state index in [2.05, 4.69) is 15.3 Å². The first-order valence-corrected chi connectivity index (χ1v) is 6.27. The highest BCUT2D eigenvalue weighted by Crippen LogP contribution is 2.28. The molecule has 17 heavy (non-hydrogen) atoms. The van der Waals surface area contributed by atoms with E-state index in [1.54, 1.807) is 7.11 Å². The molecule has 0 unspecified atom stereocenters. The average molecular weight is 270 g/mol. The number of aromatic nitrogens is 2. The number of anilines is 1. The molecule has 0 aromatic carbocycles. The average Bonchev–Trinajstić information content (AvgIpc) is 2.76. The molecule has 0 amide bonds. The van der Waals surface area contributed by atoms with Crippen LogP contribution in [0.15, 0.2) is 17.5 Å². The first-order valence-electron chi connectivity index (χ1n) is 5.02. The predicted octanol–water partition coefficient (Wildman–Crippen LogP) is 3.05. The Balaban J connectivity index is 2.42. The molecule has 0 bridgehead atoms. The summed E-state index contributed by atoms with van der Waals surface area (Å²) in [6.07, 6.45) is 0. The molecule has 2 rings (SSSR count). The zero-order chi connectivity index (χ0) is 12.3. The molecule has 2 aromatic rings. The number of thiophene rings is 1. The molecule has 0 saturated heterocycles. The lowest BCUT2D eigenvalue weighted by atomic mass is 10.3. The van der Waals surface area contributed by atoms with Gasteiger partial charge in [-0.3, -0.25) is 0 Å². The first kappa shape index (κ1) is 12.3. The van der Waals surface area contributed by atoms with Gasteiger partial charge < -0.3 is 10.1 Å². The summed E-state index contributed by atoms with van der Waals surface area (Å²) in [5.41, 5.74) is 0.839. The highest BCUT2D eigenvalue weighted by molar-refractivity contribution is 7.14. The Morgan fingerprint density at radius 1 is 1.41 bits per heavy atom. The third kappa shape index (κ3) is 2.94. The number of hydrogen-bond donors (Lipinski definition) is 1. The Labute approximate surface area is 109 Å². The Kier molecular flexibility index (Phi) is 3.93. The lowest BCUT2D eigenvalue weighted by Gasteiger charge is -2.05. The minimum Gasteiger partial charge on any atom is -0.378 e. The van der Waals surface area contributed by atoms with Gasteiger partial charge in [-0.15, -0.1) is 11.3 Å². The minimum atomic E-state index is 0.462. The summed E-state index contributed by atoms with van der Waals surface area (Å²) in [6, 6.07) is 3.72. The predicted molar refractivity (Wildman–Crippen MR) is 70.6 cm³/mol. The van der Waals surface area contributed by atoms with Gasteiger partial charge in [-0.2, -0.15) is 0 Å². The summed E-state index contributed by atoms with van der Waals surface area (Å²) in [6.45, 7) is 0.462. The van der Waals surface area contributed by atoms with Crippen LogP contribution < -0.4 is 5.32 Å². The minimum absolute atomic E-state index is 0.462. The molecule has 2 aromatic heterocycles. The van der Waals surface area contributed by atoms with Gasteiger partial charge in [0.1, 0.15) is 5.82 Å². The van der Waals surface area contributed by atoms with Gasteiger partial charge in [0.25, 0.3) is 0 Å². The van der Waals surface area contributed by atoms with E-state index >= 15 is 0 Å². The van der Waals surface area contributed by atoms with Crippen molar-refractivity contribution < 1.29 is 4.74 Å². The second-order valence-electron chi connectivity index (χ2n) is 3.38. The van der Waals surface area contributed by atoms with Crippen molar-refractivity contribution in [1.29, 1.82) is 0 Å². The van der Waals surface area contributed by atoms with Crippen molar-refractivity contribution in [3.63, 3.8) is 0 Å². The topological polar surface area (TPSA) is 47.0 Å². The second kappa shape index (κ2) is 5.44. The van der Waals surface area contributed by atoms with Gasteiger partial charge >= 0.3 is 0 Å². The fourth-order valence-electron chi connectivity index (χ4n) is 1.39. The maximum Gasteiger partial charge on any atom is 0.171 e. The quantitative estimate of drug-likeness (QED) is 0.927. The van der Waals surface area contributed by atoms with Gasteiger partial charge in [0.15, 0.2) is 5.82 Å². The van der Waals surface area contributed by atoms with Crippen LogP contribution in [0.1, 0.15) is 5.69 Å². The maximum atomic E-state index is 5.90. The molecule has 0 aliphatic heterocycles. The maximum absolute atomic E-state index is 5.90. The molecule has 4 nitrogen and oxygen atoms in total. The van der Waals surface area contributed by atoms with Gasteiger partial charge in [-0.25, -0.2) is 9.97 Å².